The quantitative estimate of drug-likeness (QED) is 0.139. The minimum atomic E-state index is -3.88. The average molecular weight is 652 g/mol. The van der Waals surface area contributed by atoms with Crippen molar-refractivity contribution in [3.8, 4) is 11.1 Å². The first-order chi connectivity index (χ1) is 22.7. The van der Waals surface area contributed by atoms with Gasteiger partial charge in [0.05, 0.1) is 9.79 Å². The van der Waals surface area contributed by atoms with Gasteiger partial charge in [-0.15, -0.1) is 9.76 Å². The van der Waals surface area contributed by atoms with Gasteiger partial charge >= 0.3 is 0 Å². The Labute approximate surface area is 271 Å². The summed E-state index contributed by atoms with van der Waals surface area (Å²) in [5.74, 6) is -0.404. The van der Waals surface area contributed by atoms with Crippen LogP contribution in [0.1, 0.15) is 43.8 Å². The van der Waals surface area contributed by atoms with Crippen LogP contribution in [-0.2, 0) is 24.4 Å². The summed E-state index contributed by atoms with van der Waals surface area (Å²) < 4.78 is 46.9. The summed E-state index contributed by atoms with van der Waals surface area (Å²) in [6.07, 6.45) is 4.08. The molecule has 0 fully saturated rings. The summed E-state index contributed by atoms with van der Waals surface area (Å²) in [4.78, 5) is 27.5. The van der Waals surface area contributed by atoms with Crippen LogP contribution in [0.3, 0.4) is 0 Å². The van der Waals surface area contributed by atoms with E-state index in [1.807, 2.05) is 43.3 Å². The maximum atomic E-state index is 13.5. The Hall–Kier alpha value is -5.31. The third kappa shape index (κ3) is 3.98. The minimum absolute atomic E-state index is 0.00520. The van der Waals surface area contributed by atoms with E-state index < -0.39 is 20.2 Å². The van der Waals surface area contributed by atoms with Crippen molar-refractivity contribution in [2.45, 2.75) is 28.0 Å². The molecule has 0 saturated heterocycles. The molecule has 6 aromatic rings. The first-order valence-corrected chi connectivity index (χ1v) is 17.7. The molecule has 9 rings (SSSR count). The molecule has 0 amide bonds. The summed E-state index contributed by atoms with van der Waals surface area (Å²) in [6.45, 7) is 1.99. The lowest BCUT2D eigenvalue weighted by molar-refractivity contribution is 0.102. The number of ketones is 2. The highest BCUT2D eigenvalue weighted by atomic mass is 32.2. The van der Waals surface area contributed by atoms with E-state index in [0.717, 1.165) is 33.0 Å². The van der Waals surface area contributed by atoms with Crippen molar-refractivity contribution in [3.05, 3.63) is 143 Å². The van der Waals surface area contributed by atoms with Gasteiger partial charge in [-0.1, -0.05) is 66.7 Å². The Morgan fingerprint density at radius 2 is 1.40 bits per heavy atom. The molecule has 0 spiro atoms. The fraction of sp³-hybridized carbons (Fsp3) is 0.0513. The SMILES string of the molecule is Cc1cc(-c2ccc3c(c2)S(=O)(=O)c2ccccc2C3=O)cc2oc3cc(C4=CC=C5C(=O)c6ccccc6[S-](=O)=C5C4)ccc3c12. The number of Topliss-reactive ketones (excluding diaryl/α,β-unsaturated/α-hetero) is 1. The third-order valence-electron chi connectivity index (χ3n) is 9.31. The molecule has 2 aliphatic heterocycles. The number of benzene rings is 5. The van der Waals surface area contributed by atoms with Crippen LogP contribution in [0.25, 0.3) is 38.6 Å². The highest BCUT2D eigenvalue weighted by molar-refractivity contribution is 7.91. The van der Waals surface area contributed by atoms with Gasteiger partial charge < -0.3 is 8.63 Å². The zero-order chi connectivity index (χ0) is 32.2. The van der Waals surface area contributed by atoms with E-state index in [-0.39, 0.29) is 32.5 Å². The first-order valence-electron chi connectivity index (χ1n) is 15.0. The number of carbonyl (C=O) groups excluding carboxylic acids is 2. The molecular formula is C39H23O6S2-. The number of aryl methyl sites for hydroxylation is 1. The lowest BCUT2D eigenvalue weighted by Gasteiger charge is -2.29. The van der Waals surface area contributed by atoms with Crippen molar-refractivity contribution < 1.29 is 26.6 Å². The number of furan rings is 1. The summed E-state index contributed by atoms with van der Waals surface area (Å²) >= 11 is 0. The van der Waals surface area contributed by atoms with E-state index in [1.54, 1.807) is 66.7 Å². The van der Waals surface area contributed by atoms with Crippen molar-refractivity contribution in [2.24, 2.45) is 0 Å². The highest BCUT2D eigenvalue weighted by Crippen LogP contribution is 2.40. The number of hydrogen-bond donors (Lipinski definition) is 0. The number of allylic oxidation sites excluding steroid dienone is 4. The van der Waals surface area contributed by atoms with E-state index in [0.29, 0.717) is 44.0 Å². The minimum Gasteiger partial charge on any atom is -0.457 e. The number of rotatable bonds is 2. The second-order valence-electron chi connectivity index (χ2n) is 12.0. The Morgan fingerprint density at radius 1 is 0.681 bits per heavy atom. The molecule has 0 saturated carbocycles. The zero-order valence-corrected chi connectivity index (χ0v) is 26.5. The van der Waals surface area contributed by atoms with Crippen molar-refractivity contribution in [2.75, 3.05) is 0 Å². The monoisotopic (exact) mass is 651 g/mol. The Morgan fingerprint density at radius 3 is 2.26 bits per heavy atom. The normalized spacial score (nSPS) is 16.7. The standard InChI is InChI=1S/C39H23O6S2/c1-21-16-25(24-12-15-30-36(20-24)47(43,44)35-9-5-3-7-29(35)39(30)41)18-32-37(21)26-13-10-22(17-31(26)45-32)23-11-14-28-34(19-23)46(42)33-8-4-2-6-27(33)38(28)40/h2-18,20H,19H2,1H3/q-1. The van der Waals surface area contributed by atoms with Crippen molar-refractivity contribution >= 4 is 64.2 Å². The van der Waals surface area contributed by atoms with E-state index in [2.05, 4.69) is 0 Å². The Balaban J connectivity index is 1.11. The molecule has 6 nitrogen and oxygen atoms in total. The molecule has 1 aliphatic carbocycles. The van der Waals surface area contributed by atoms with Gasteiger partial charge in [0.25, 0.3) is 0 Å². The highest BCUT2D eigenvalue weighted by Gasteiger charge is 2.34. The van der Waals surface area contributed by atoms with Crippen LogP contribution in [0.15, 0.2) is 134 Å². The molecule has 3 aliphatic rings. The maximum absolute atomic E-state index is 13.5. The molecular weight excluding hydrogens is 629 g/mol. The van der Waals surface area contributed by atoms with Crippen molar-refractivity contribution in [3.63, 3.8) is 0 Å². The number of fused-ring (bicyclic) bond motifs is 7. The van der Waals surface area contributed by atoms with Gasteiger partial charge in [-0.05, 0) is 83.6 Å². The second-order valence-corrected chi connectivity index (χ2v) is 15.3. The fourth-order valence-electron chi connectivity index (χ4n) is 7.01. The third-order valence-corrected chi connectivity index (χ3v) is 12.7. The van der Waals surface area contributed by atoms with E-state index in [1.165, 1.54) is 6.07 Å². The van der Waals surface area contributed by atoms with Gasteiger partial charge in [0, 0.05) is 33.0 Å². The van der Waals surface area contributed by atoms with Crippen LogP contribution < -0.4 is 0 Å². The van der Waals surface area contributed by atoms with Crippen LogP contribution in [-0.4, -0.2) is 24.8 Å². The summed E-state index contributed by atoms with van der Waals surface area (Å²) in [5, 5.41) is 1.89. The van der Waals surface area contributed by atoms with Gasteiger partial charge in [-0.25, -0.2) is 18.8 Å². The van der Waals surface area contributed by atoms with Gasteiger partial charge in [-0.2, -0.15) is 0 Å². The smallest absolute Gasteiger partial charge is 0.208 e. The molecule has 0 bridgehead atoms. The van der Waals surface area contributed by atoms with Crippen molar-refractivity contribution in [1.29, 1.82) is 0 Å². The molecule has 5 aromatic carbocycles. The molecule has 8 heteroatoms. The maximum Gasteiger partial charge on any atom is 0.208 e. The predicted molar refractivity (Wildman–Crippen MR) is 182 cm³/mol. The van der Waals surface area contributed by atoms with Crippen LogP contribution in [0.4, 0.5) is 0 Å². The van der Waals surface area contributed by atoms with Crippen LogP contribution in [0, 0.1) is 6.92 Å². The lowest BCUT2D eigenvalue weighted by Crippen LogP contribution is -2.24. The molecule has 228 valence electrons. The number of hydrogen-bond acceptors (Lipinski definition) is 7. The first kappa shape index (κ1) is 28.0. The topological polar surface area (TPSA) is 98.5 Å². The molecule has 0 atom stereocenters. The van der Waals surface area contributed by atoms with E-state index in [4.69, 9.17) is 4.42 Å². The number of carbonyl (C=O) groups is 2. The number of sulfone groups is 1. The predicted octanol–water partition coefficient (Wildman–Crippen LogP) is 8.04. The van der Waals surface area contributed by atoms with Gasteiger partial charge in [0.1, 0.15) is 11.2 Å². The van der Waals surface area contributed by atoms with Crippen LogP contribution in [0.5, 0.6) is 0 Å². The largest absolute Gasteiger partial charge is 0.457 e. The summed E-state index contributed by atoms with van der Waals surface area (Å²) in [5.41, 5.74) is 6.93. The summed E-state index contributed by atoms with van der Waals surface area (Å²) in [6, 6.07) is 28.2. The Kier molecular flexibility index (Phi) is 5.86. The fourth-order valence-corrected chi connectivity index (χ4v) is 10.2. The van der Waals surface area contributed by atoms with Crippen molar-refractivity contribution in [1.82, 2.24) is 0 Å². The molecule has 1 aromatic heterocycles. The van der Waals surface area contributed by atoms with Gasteiger partial charge in [-0.3, -0.25) is 9.59 Å². The van der Waals surface area contributed by atoms with E-state index in [9.17, 15) is 22.2 Å². The summed E-state index contributed by atoms with van der Waals surface area (Å²) in [7, 11) is -5.30. The average Bonchev–Trinajstić information content (AvgIpc) is 3.47. The van der Waals surface area contributed by atoms with E-state index >= 15 is 0 Å². The molecule has 0 radical (unpaired) electrons. The molecule has 0 N–H and O–H groups in total. The Bertz CT molecular complexity index is 2730. The molecule has 3 heterocycles. The second kappa shape index (κ2) is 9.84. The van der Waals surface area contributed by atoms with Gasteiger partial charge in [0.2, 0.25) is 9.84 Å². The van der Waals surface area contributed by atoms with Crippen LogP contribution >= 0.6 is 0 Å². The molecule has 47 heavy (non-hydrogen) atoms. The zero-order valence-electron chi connectivity index (χ0n) is 24.9. The van der Waals surface area contributed by atoms with Crippen LogP contribution in [0.2, 0.25) is 0 Å². The molecule has 0 unspecified atom stereocenters. The van der Waals surface area contributed by atoms with Gasteiger partial charge in [0.15, 0.2) is 11.6 Å². The lowest BCUT2D eigenvalue weighted by atomic mass is 9.89.